The highest BCUT2D eigenvalue weighted by Crippen LogP contribution is 2.29. The zero-order chi connectivity index (χ0) is 11.7. The van der Waals surface area contributed by atoms with Gasteiger partial charge in [-0.2, -0.15) is 0 Å². The quantitative estimate of drug-likeness (QED) is 0.631. The van der Waals surface area contributed by atoms with Crippen LogP contribution < -0.4 is 11.3 Å². The molecule has 0 unspecified atom stereocenters. The molecular weight excluding hydrogens is 230 g/mol. The Morgan fingerprint density at radius 3 is 2.76 bits per heavy atom. The first kappa shape index (κ1) is 10.7. The van der Waals surface area contributed by atoms with Gasteiger partial charge in [-0.25, -0.2) is 10.8 Å². The minimum atomic E-state index is 0.762. The van der Waals surface area contributed by atoms with Gasteiger partial charge in [0.2, 0.25) is 0 Å². The number of rotatable bonds is 2. The number of nitrogen functional groups attached to an aromatic ring is 1. The number of hydrogen-bond acceptors (Lipinski definition) is 4. The second-order valence-corrected chi connectivity index (χ2v) is 5.23. The van der Waals surface area contributed by atoms with Crippen LogP contribution in [0.25, 0.3) is 11.3 Å². The van der Waals surface area contributed by atoms with Crippen molar-refractivity contribution in [3.63, 3.8) is 0 Å². The van der Waals surface area contributed by atoms with E-state index in [1.807, 2.05) is 5.38 Å². The maximum Gasteiger partial charge on any atom is 0.197 e. The fourth-order valence-electron chi connectivity index (χ4n) is 2.37. The van der Waals surface area contributed by atoms with Gasteiger partial charge in [-0.1, -0.05) is 12.1 Å². The van der Waals surface area contributed by atoms with Gasteiger partial charge in [-0.15, -0.1) is 11.3 Å². The monoisotopic (exact) mass is 245 g/mol. The Kier molecular flexibility index (Phi) is 2.82. The number of thiazole rings is 1. The molecule has 0 spiro atoms. The molecule has 1 aromatic carbocycles. The lowest BCUT2D eigenvalue weighted by Crippen LogP contribution is -2.05. The van der Waals surface area contributed by atoms with Crippen molar-refractivity contribution >= 4 is 16.5 Å². The van der Waals surface area contributed by atoms with Gasteiger partial charge in [0.1, 0.15) is 0 Å². The Bertz CT molecular complexity index is 533. The number of nitrogens with one attached hydrogen (secondary N) is 1. The van der Waals surface area contributed by atoms with E-state index in [0.717, 1.165) is 10.8 Å². The van der Waals surface area contributed by atoms with Gasteiger partial charge < -0.3 is 0 Å². The van der Waals surface area contributed by atoms with E-state index in [0.29, 0.717) is 0 Å². The molecule has 0 bridgehead atoms. The average Bonchev–Trinajstić information content (AvgIpc) is 2.87. The summed E-state index contributed by atoms with van der Waals surface area (Å²) in [6.07, 6.45) is 5.06. The first-order chi connectivity index (χ1) is 8.36. The highest BCUT2D eigenvalue weighted by Gasteiger charge is 2.11. The van der Waals surface area contributed by atoms with Crippen molar-refractivity contribution in [3.05, 3.63) is 34.7 Å². The summed E-state index contributed by atoms with van der Waals surface area (Å²) in [4.78, 5) is 4.43. The third kappa shape index (κ3) is 2.06. The third-order valence-corrected chi connectivity index (χ3v) is 4.05. The summed E-state index contributed by atoms with van der Waals surface area (Å²) in [5, 5.41) is 2.80. The van der Waals surface area contributed by atoms with Gasteiger partial charge in [0.25, 0.3) is 0 Å². The van der Waals surface area contributed by atoms with Crippen LogP contribution in [-0.2, 0) is 12.8 Å². The summed E-state index contributed by atoms with van der Waals surface area (Å²) in [7, 11) is 0. The standard InChI is InChI=1S/C13H15N3S/c14-16-13-15-12(8-17-13)11-6-5-9-3-1-2-4-10(9)7-11/h5-8H,1-4,14H2,(H,15,16). The fourth-order valence-corrected chi connectivity index (χ4v) is 3.00. The number of hydrogen-bond donors (Lipinski definition) is 2. The number of benzene rings is 1. The summed E-state index contributed by atoms with van der Waals surface area (Å²) in [5.41, 5.74) is 7.79. The van der Waals surface area contributed by atoms with E-state index in [9.17, 15) is 0 Å². The Morgan fingerprint density at radius 1 is 1.18 bits per heavy atom. The van der Waals surface area contributed by atoms with Crippen LogP contribution in [0.5, 0.6) is 0 Å². The molecule has 17 heavy (non-hydrogen) atoms. The van der Waals surface area contributed by atoms with Crippen molar-refractivity contribution in [2.45, 2.75) is 25.7 Å². The first-order valence-electron chi connectivity index (χ1n) is 5.91. The third-order valence-electron chi connectivity index (χ3n) is 3.27. The SMILES string of the molecule is NNc1nc(-c2ccc3c(c2)CCCC3)cs1. The molecule has 0 atom stereocenters. The van der Waals surface area contributed by atoms with Crippen LogP contribution in [0, 0.1) is 0 Å². The number of aryl methyl sites for hydroxylation is 2. The van der Waals surface area contributed by atoms with E-state index in [1.165, 1.54) is 53.7 Å². The Balaban J connectivity index is 1.97. The van der Waals surface area contributed by atoms with Crippen LogP contribution in [0.4, 0.5) is 5.13 Å². The molecule has 3 rings (SSSR count). The maximum atomic E-state index is 5.35. The van der Waals surface area contributed by atoms with Gasteiger partial charge in [0.15, 0.2) is 5.13 Å². The normalized spacial score (nSPS) is 14.4. The maximum absolute atomic E-state index is 5.35. The molecule has 1 aliphatic rings. The molecule has 0 amide bonds. The molecule has 4 heteroatoms. The number of nitrogens with two attached hydrogens (primary N) is 1. The zero-order valence-corrected chi connectivity index (χ0v) is 10.4. The van der Waals surface area contributed by atoms with Crippen LogP contribution >= 0.6 is 11.3 Å². The van der Waals surface area contributed by atoms with E-state index in [2.05, 4.69) is 28.6 Å². The minimum absolute atomic E-state index is 0.762. The molecule has 0 aliphatic heterocycles. The predicted molar refractivity (Wildman–Crippen MR) is 72.0 cm³/mol. The van der Waals surface area contributed by atoms with Crippen molar-refractivity contribution in [2.24, 2.45) is 5.84 Å². The van der Waals surface area contributed by atoms with Crippen molar-refractivity contribution < 1.29 is 0 Å². The highest BCUT2D eigenvalue weighted by molar-refractivity contribution is 7.14. The molecule has 1 heterocycles. The van der Waals surface area contributed by atoms with Crippen LogP contribution in [0.2, 0.25) is 0 Å². The van der Waals surface area contributed by atoms with E-state index >= 15 is 0 Å². The lowest BCUT2D eigenvalue weighted by atomic mass is 9.90. The topological polar surface area (TPSA) is 50.9 Å². The smallest absolute Gasteiger partial charge is 0.197 e. The first-order valence-corrected chi connectivity index (χ1v) is 6.79. The molecule has 0 saturated carbocycles. The molecule has 1 aliphatic carbocycles. The average molecular weight is 245 g/mol. The lowest BCUT2D eigenvalue weighted by molar-refractivity contribution is 0.686. The molecule has 3 nitrogen and oxygen atoms in total. The molecule has 0 radical (unpaired) electrons. The van der Waals surface area contributed by atoms with E-state index in [-0.39, 0.29) is 0 Å². The Hall–Kier alpha value is -1.39. The summed E-state index contributed by atoms with van der Waals surface area (Å²) in [6, 6.07) is 6.70. The molecule has 3 N–H and O–H groups in total. The minimum Gasteiger partial charge on any atom is -0.300 e. The van der Waals surface area contributed by atoms with Gasteiger partial charge in [-0.3, -0.25) is 5.43 Å². The summed E-state index contributed by atoms with van der Waals surface area (Å²) < 4.78 is 0. The van der Waals surface area contributed by atoms with Crippen molar-refractivity contribution in [2.75, 3.05) is 5.43 Å². The van der Waals surface area contributed by atoms with Crippen molar-refractivity contribution in [1.82, 2.24) is 4.98 Å². The van der Waals surface area contributed by atoms with E-state index in [1.54, 1.807) is 0 Å². The number of aromatic nitrogens is 1. The van der Waals surface area contributed by atoms with Gasteiger partial charge in [0, 0.05) is 10.9 Å². The fraction of sp³-hybridized carbons (Fsp3) is 0.308. The lowest BCUT2D eigenvalue weighted by Gasteiger charge is -2.15. The summed E-state index contributed by atoms with van der Waals surface area (Å²) >= 11 is 1.53. The molecule has 0 fully saturated rings. The molecule has 0 saturated heterocycles. The zero-order valence-electron chi connectivity index (χ0n) is 9.57. The van der Waals surface area contributed by atoms with Gasteiger partial charge in [-0.05, 0) is 42.9 Å². The number of nitrogens with zero attached hydrogens (tertiary/aromatic N) is 1. The molecule has 1 aromatic heterocycles. The second kappa shape index (κ2) is 4.47. The second-order valence-electron chi connectivity index (χ2n) is 4.37. The van der Waals surface area contributed by atoms with Crippen LogP contribution in [-0.4, -0.2) is 4.98 Å². The van der Waals surface area contributed by atoms with E-state index < -0.39 is 0 Å². The molecular formula is C13H15N3S. The summed E-state index contributed by atoms with van der Waals surface area (Å²) in [5.74, 6) is 5.35. The molecule has 88 valence electrons. The number of fused-ring (bicyclic) bond motifs is 1. The Morgan fingerprint density at radius 2 is 2.00 bits per heavy atom. The van der Waals surface area contributed by atoms with Crippen molar-refractivity contribution in [3.8, 4) is 11.3 Å². The van der Waals surface area contributed by atoms with Crippen LogP contribution in [0.15, 0.2) is 23.6 Å². The molecule has 2 aromatic rings. The van der Waals surface area contributed by atoms with Crippen LogP contribution in [0.1, 0.15) is 24.0 Å². The van der Waals surface area contributed by atoms with Gasteiger partial charge >= 0.3 is 0 Å². The van der Waals surface area contributed by atoms with Gasteiger partial charge in [0.05, 0.1) is 5.69 Å². The van der Waals surface area contributed by atoms with Crippen molar-refractivity contribution in [1.29, 1.82) is 0 Å². The number of hydrazine groups is 1. The van der Waals surface area contributed by atoms with E-state index in [4.69, 9.17) is 5.84 Å². The highest BCUT2D eigenvalue weighted by atomic mass is 32.1. The largest absolute Gasteiger partial charge is 0.300 e. The predicted octanol–water partition coefficient (Wildman–Crippen LogP) is 2.97. The summed E-state index contributed by atoms with van der Waals surface area (Å²) in [6.45, 7) is 0. The number of anilines is 1. The Labute approximate surface area is 105 Å². The van der Waals surface area contributed by atoms with Crippen LogP contribution in [0.3, 0.4) is 0 Å².